The van der Waals surface area contributed by atoms with Gasteiger partial charge in [-0.1, -0.05) is 12.1 Å². The lowest BCUT2D eigenvalue weighted by molar-refractivity contribution is -0.134. The summed E-state index contributed by atoms with van der Waals surface area (Å²) < 4.78 is 56.9. The lowest BCUT2D eigenvalue weighted by atomic mass is 10.1. The molecule has 5 nitrogen and oxygen atoms in total. The minimum atomic E-state index is -3.59. The summed E-state index contributed by atoms with van der Waals surface area (Å²) in [6.07, 6.45) is 0.717. The zero-order chi connectivity index (χ0) is 22.7. The lowest BCUT2D eigenvalue weighted by Crippen LogP contribution is -2.56. The first kappa shape index (κ1) is 22.0. The van der Waals surface area contributed by atoms with Crippen molar-refractivity contribution in [2.24, 2.45) is 0 Å². The highest BCUT2D eigenvalue weighted by molar-refractivity contribution is 7.92. The van der Waals surface area contributed by atoms with Gasteiger partial charge in [0.15, 0.2) is 9.84 Å². The zero-order valence-electron chi connectivity index (χ0n) is 17.1. The second-order valence-electron chi connectivity index (χ2n) is 7.62. The van der Waals surface area contributed by atoms with Gasteiger partial charge in [-0.3, -0.25) is 4.79 Å². The molecule has 0 unspecified atom stereocenters. The van der Waals surface area contributed by atoms with Crippen molar-refractivity contribution in [1.82, 2.24) is 4.90 Å². The van der Waals surface area contributed by atoms with E-state index in [9.17, 15) is 22.0 Å². The quantitative estimate of drug-likeness (QED) is 0.494. The molecule has 0 N–H and O–H groups in total. The molecule has 1 amide bonds. The first-order valence-electron chi connectivity index (χ1n) is 10.1. The summed E-state index contributed by atoms with van der Waals surface area (Å²) in [4.78, 5) is 14.1. The minimum absolute atomic E-state index is 0.0639. The van der Waals surface area contributed by atoms with Crippen molar-refractivity contribution >= 4 is 15.7 Å². The summed E-state index contributed by atoms with van der Waals surface area (Å²) in [5, 5.41) is -0.677. The second-order valence-corrected chi connectivity index (χ2v) is 9.85. The molecule has 4 rings (SSSR count). The predicted molar refractivity (Wildman–Crippen MR) is 115 cm³/mol. The van der Waals surface area contributed by atoms with E-state index in [0.717, 1.165) is 17.7 Å². The molecule has 3 aromatic carbocycles. The second kappa shape index (κ2) is 9.08. The fourth-order valence-electron chi connectivity index (χ4n) is 3.47. The Hall–Kier alpha value is -3.26. The van der Waals surface area contributed by atoms with Gasteiger partial charge in [-0.25, -0.2) is 17.2 Å². The van der Waals surface area contributed by atoms with E-state index in [2.05, 4.69) is 0 Å². The number of halogens is 2. The van der Waals surface area contributed by atoms with Gasteiger partial charge >= 0.3 is 0 Å². The van der Waals surface area contributed by atoms with E-state index >= 15 is 0 Å². The Kier molecular flexibility index (Phi) is 6.23. The third-order valence-corrected chi connectivity index (χ3v) is 7.46. The van der Waals surface area contributed by atoms with Crippen LogP contribution in [0.5, 0.6) is 11.5 Å². The number of amides is 1. The van der Waals surface area contributed by atoms with Crippen LogP contribution in [0.3, 0.4) is 0 Å². The lowest BCUT2D eigenvalue weighted by Gasteiger charge is -2.38. The highest BCUT2D eigenvalue weighted by Gasteiger charge is 2.40. The maximum Gasteiger partial charge on any atom is 0.222 e. The summed E-state index contributed by atoms with van der Waals surface area (Å²) in [5.41, 5.74) is 0.897. The van der Waals surface area contributed by atoms with E-state index in [1.54, 1.807) is 6.07 Å². The van der Waals surface area contributed by atoms with E-state index in [-0.39, 0.29) is 36.1 Å². The first-order valence-corrected chi connectivity index (χ1v) is 11.7. The van der Waals surface area contributed by atoms with Crippen LogP contribution in [0.1, 0.15) is 12.0 Å². The summed E-state index contributed by atoms with van der Waals surface area (Å²) in [6.45, 7) is 0.262. The van der Waals surface area contributed by atoms with Crippen LogP contribution in [0.15, 0.2) is 77.7 Å². The molecule has 0 bridgehead atoms. The molecular formula is C24H21F2NO4S. The normalized spacial score (nSPS) is 14.1. The molecular weight excluding hydrogens is 436 g/mol. The number of sulfone groups is 1. The molecule has 1 heterocycles. The van der Waals surface area contributed by atoms with Gasteiger partial charge in [0.25, 0.3) is 0 Å². The molecule has 0 aromatic heterocycles. The molecule has 166 valence electrons. The van der Waals surface area contributed by atoms with Gasteiger partial charge in [0.2, 0.25) is 5.91 Å². The number of ether oxygens (including phenoxy) is 1. The number of benzene rings is 3. The zero-order valence-corrected chi connectivity index (χ0v) is 17.9. The molecule has 0 saturated carbocycles. The number of nitrogens with zero attached hydrogens (tertiary/aromatic N) is 1. The van der Waals surface area contributed by atoms with Crippen molar-refractivity contribution < 1.29 is 26.7 Å². The third-order valence-electron chi connectivity index (χ3n) is 5.36. The Labute approximate surface area is 185 Å². The molecule has 0 aliphatic carbocycles. The van der Waals surface area contributed by atoms with Crippen LogP contribution in [-0.4, -0.2) is 37.6 Å². The van der Waals surface area contributed by atoms with Crippen LogP contribution in [0.2, 0.25) is 0 Å². The Morgan fingerprint density at radius 2 is 1.53 bits per heavy atom. The fraction of sp³-hybridized carbons (Fsp3) is 0.208. The van der Waals surface area contributed by atoms with Gasteiger partial charge in [0.1, 0.15) is 28.4 Å². The van der Waals surface area contributed by atoms with Crippen molar-refractivity contribution in [3.05, 3.63) is 90.0 Å². The molecule has 0 spiro atoms. The maximum atomic E-state index is 13.0. The highest BCUT2D eigenvalue weighted by Crippen LogP contribution is 2.26. The molecule has 1 saturated heterocycles. The van der Waals surface area contributed by atoms with Crippen molar-refractivity contribution in [3.63, 3.8) is 0 Å². The largest absolute Gasteiger partial charge is 0.457 e. The van der Waals surface area contributed by atoms with E-state index in [1.807, 2.05) is 18.2 Å². The molecule has 8 heteroatoms. The van der Waals surface area contributed by atoms with Gasteiger partial charge in [0.05, 0.1) is 4.90 Å². The van der Waals surface area contributed by atoms with Crippen molar-refractivity contribution in [2.45, 2.75) is 23.0 Å². The topological polar surface area (TPSA) is 63.7 Å². The van der Waals surface area contributed by atoms with E-state index < -0.39 is 20.9 Å². The van der Waals surface area contributed by atoms with Crippen molar-refractivity contribution in [2.75, 3.05) is 13.1 Å². The maximum absolute atomic E-state index is 13.0. The first-order chi connectivity index (χ1) is 15.3. The van der Waals surface area contributed by atoms with Gasteiger partial charge in [-0.15, -0.1) is 0 Å². The van der Waals surface area contributed by atoms with Crippen LogP contribution in [0, 0.1) is 11.6 Å². The monoisotopic (exact) mass is 457 g/mol. The number of likely N-dealkylation sites (tertiary alicyclic amines) is 1. The average molecular weight is 457 g/mol. The Bertz CT molecular complexity index is 1210. The molecule has 32 heavy (non-hydrogen) atoms. The number of hydrogen-bond acceptors (Lipinski definition) is 4. The molecule has 1 aliphatic heterocycles. The highest BCUT2D eigenvalue weighted by atomic mass is 32.2. The Morgan fingerprint density at radius 3 is 2.19 bits per heavy atom. The number of carbonyl (C=O) groups excluding carboxylic acids is 1. The van der Waals surface area contributed by atoms with Gasteiger partial charge in [-0.05, 0) is 72.6 Å². The summed E-state index contributed by atoms with van der Waals surface area (Å²) in [6, 6.07) is 17.7. The Balaban J connectivity index is 1.29. The fourth-order valence-corrected chi connectivity index (χ4v) is 5.12. The molecule has 1 fully saturated rings. The molecule has 3 aromatic rings. The smallest absolute Gasteiger partial charge is 0.222 e. The summed E-state index contributed by atoms with van der Waals surface area (Å²) in [7, 11) is -3.59. The van der Waals surface area contributed by atoms with Gasteiger partial charge < -0.3 is 9.64 Å². The number of hydrogen-bond donors (Lipinski definition) is 0. The predicted octanol–water partition coefficient (Wildman–Crippen LogP) is 4.37. The van der Waals surface area contributed by atoms with Crippen LogP contribution in [-0.2, 0) is 21.1 Å². The van der Waals surface area contributed by atoms with Crippen LogP contribution < -0.4 is 4.74 Å². The summed E-state index contributed by atoms with van der Waals surface area (Å²) in [5.74, 6) is 0.120. The number of aryl methyl sites for hydroxylation is 1. The van der Waals surface area contributed by atoms with E-state index in [4.69, 9.17) is 4.74 Å². The van der Waals surface area contributed by atoms with Gasteiger partial charge in [-0.2, -0.15) is 0 Å². The van der Waals surface area contributed by atoms with Crippen molar-refractivity contribution in [3.8, 4) is 11.5 Å². The van der Waals surface area contributed by atoms with E-state index in [0.29, 0.717) is 17.9 Å². The van der Waals surface area contributed by atoms with Crippen LogP contribution >= 0.6 is 0 Å². The number of carbonyl (C=O) groups is 1. The van der Waals surface area contributed by atoms with Crippen LogP contribution in [0.25, 0.3) is 0 Å². The molecule has 0 atom stereocenters. The summed E-state index contributed by atoms with van der Waals surface area (Å²) >= 11 is 0. The van der Waals surface area contributed by atoms with E-state index in [1.165, 1.54) is 41.3 Å². The van der Waals surface area contributed by atoms with Gasteiger partial charge in [0, 0.05) is 19.5 Å². The SMILES string of the molecule is O=C(CCc1cccc(Oc2ccc(F)cc2)c1)N1CC(S(=O)(=O)c2ccc(F)cc2)C1. The molecule has 0 radical (unpaired) electrons. The van der Waals surface area contributed by atoms with Crippen LogP contribution in [0.4, 0.5) is 8.78 Å². The molecule has 1 aliphatic rings. The third kappa shape index (κ3) is 4.96. The Morgan fingerprint density at radius 1 is 0.906 bits per heavy atom. The standard InChI is InChI=1S/C24H21F2NO4S/c25-18-5-9-20(10-6-18)31-21-3-1-2-17(14-21)4-13-24(28)27-15-23(16-27)32(29,30)22-11-7-19(26)8-12-22/h1-3,5-12,14,23H,4,13,15-16H2. The minimum Gasteiger partial charge on any atom is -0.457 e. The number of rotatable bonds is 7. The van der Waals surface area contributed by atoms with Crippen molar-refractivity contribution in [1.29, 1.82) is 0 Å². The average Bonchev–Trinajstić information content (AvgIpc) is 2.73.